The second-order valence-electron chi connectivity index (χ2n) is 7.44. The number of rotatable bonds is 6. The van der Waals surface area contributed by atoms with E-state index >= 15 is 0 Å². The summed E-state index contributed by atoms with van der Waals surface area (Å²) in [5.74, 6) is 0.0188. The maximum Gasteiger partial charge on any atom is 0.245 e. The highest BCUT2D eigenvalue weighted by atomic mass is 32.2. The van der Waals surface area contributed by atoms with Crippen molar-refractivity contribution < 1.29 is 18.1 Å². The predicted molar refractivity (Wildman–Crippen MR) is 105 cm³/mol. The molecule has 1 atom stereocenters. The molecule has 2 fully saturated rings. The Hall–Kier alpha value is -1.16. The molecule has 2 N–H and O–H groups in total. The fraction of sp³-hybridized carbons (Fsp3) is 0.667. The van der Waals surface area contributed by atoms with E-state index in [-0.39, 0.29) is 16.1 Å². The van der Waals surface area contributed by atoms with Gasteiger partial charge in [0.1, 0.15) is 4.90 Å². The van der Waals surface area contributed by atoms with Gasteiger partial charge in [-0.3, -0.25) is 4.79 Å². The first-order valence-electron chi connectivity index (χ1n) is 9.61. The van der Waals surface area contributed by atoms with E-state index in [2.05, 4.69) is 17.3 Å². The van der Waals surface area contributed by atoms with Gasteiger partial charge in [-0.15, -0.1) is 0 Å². The van der Waals surface area contributed by atoms with Crippen molar-refractivity contribution in [2.75, 3.05) is 33.2 Å². The summed E-state index contributed by atoms with van der Waals surface area (Å²) in [6.07, 6.45) is 5.88. The van der Waals surface area contributed by atoms with Crippen LogP contribution in [0.15, 0.2) is 28.3 Å². The van der Waals surface area contributed by atoms with Gasteiger partial charge >= 0.3 is 0 Å². The van der Waals surface area contributed by atoms with E-state index in [1.807, 2.05) is 6.92 Å². The smallest absolute Gasteiger partial charge is 0.245 e. The fourth-order valence-electron chi connectivity index (χ4n) is 3.47. The number of carbonyl (C=O) groups is 1. The van der Waals surface area contributed by atoms with Crippen LogP contribution in [0, 0.1) is 0 Å². The number of amides is 1. The third-order valence-corrected chi connectivity index (χ3v) is 8.22. The van der Waals surface area contributed by atoms with Crippen molar-refractivity contribution in [2.24, 2.45) is 0 Å². The van der Waals surface area contributed by atoms with Crippen molar-refractivity contribution in [3.63, 3.8) is 0 Å². The number of nitrogens with one attached hydrogen (secondary N) is 2. The third kappa shape index (κ3) is 5.22. The van der Waals surface area contributed by atoms with Gasteiger partial charge in [-0.1, -0.05) is 24.6 Å². The molecule has 27 heavy (non-hydrogen) atoms. The Morgan fingerprint density at radius 1 is 1.30 bits per heavy atom. The molecule has 0 spiro atoms. The summed E-state index contributed by atoms with van der Waals surface area (Å²) >= 11 is 1.36. The Kier molecular flexibility index (Phi) is 6.78. The summed E-state index contributed by atoms with van der Waals surface area (Å²) in [6, 6.07) is 3.59. The van der Waals surface area contributed by atoms with Crippen LogP contribution >= 0.6 is 11.8 Å². The molecule has 7 nitrogen and oxygen atoms in total. The number of aromatic nitrogens is 1. The summed E-state index contributed by atoms with van der Waals surface area (Å²) in [6.45, 7) is 4.54. The van der Waals surface area contributed by atoms with Crippen LogP contribution in [0.4, 0.5) is 0 Å². The summed E-state index contributed by atoms with van der Waals surface area (Å²) in [7, 11) is -1.42. The largest absolute Gasteiger partial charge is 0.352 e. The van der Waals surface area contributed by atoms with Gasteiger partial charge < -0.3 is 10.2 Å². The average Bonchev–Trinajstić information content (AvgIpc) is 3.15. The van der Waals surface area contributed by atoms with Crippen LogP contribution in [0.5, 0.6) is 0 Å². The Morgan fingerprint density at radius 3 is 2.56 bits per heavy atom. The molecule has 1 aliphatic carbocycles. The van der Waals surface area contributed by atoms with Gasteiger partial charge in [0, 0.05) is 12.2 Å². The minimum absolute atomic E-state index is 0.0188. The minimum atomic E-state index is -3.49. The van der Waals surface area contributed by atoms with Crippen molar-refractivity contribution in [2.45, 2.75) is 53.8 Å². The standard InChI is InChI=1S/C18H28N4O3S2/c1-14(18(23)20-15-5-3-4-6-15)26-17-8-7-16(13-19-17)27(24,25)22-11-9-21(2)10-12-22/h7-8,13-15H,3-6,9-12H2,1-2H3,(H,20,23)/p+1/t14-/m1/s1. The van der Waals surface area contributed by atoms with E-state index in [1.165, 1.54) is 40.0 Å². The molecule has 1 aromatic rings. The molecule has 1 saturated carbocycles. The van der Waals surface area contributed by atoms with Crippen molar-refractivity contribution in [3.8, 4) is 0 Å². The van der Waals surface area contributed by atoms with Gasteiger partial charge in [0.2, 0.25) is 15.9 Å². The first-order valence-corrected chi connectivity index (χ1v) is 11.9. The number of hydrogen-bond acceptors (Lipinski definition) is 5. The van der Waals surface area contributed by atoms with Gasteiger partial charge in [-0.25, -0.2) is 13.4 Å². The Morgan fingerprint density at radius 2 is 1.96 bits per heavy atom. The number of carbonyl (C=O) groups excluding carboxylic acids is 1. The highest BCUT2D eigenvalue weighted by molar-refractivity contribution is 8.00. The topological polar surface area (TPSA) is 83.8 Å². The molecule has 0 aromatic carbocycles. The van der Waals surface area contributed by atoms with Crippen molar-refractivity contribution in [1.82, 2.24) is 14.6 Å². The normalized spacial score (nSPS) is 21.3. The molecule has 1 saturated heterocycles. The number of piperazine rings is 1. The van der Waals surface area contributed by atoms with Crippen LogP contribution in [0.25, 0.3) is 0 Å². The van der Waals surface area contributed by atoms with Gasteiger partial charge in [0.25, 0.3) is 0 Å². The third-order valence-electron chi connectivity index (χ3n) is 5.29. The summed E-state index contributed by atoms with van der Waals surface area (Å²) in [5, 5.41) is 3.48. The molecule has 1 amide bonds. The van der Waals surface area contributed by atoms with Crippen LogP contribution in [0.2, 0.25) is 0 Å². The number of pyridine rings is 1. The van der Waals surface area contributed by atoms with E-state index in [4.69, 9.17) is 0 Å². The van der Waals surface area contributed by atoms with Gasteiger partial charge in [-0.2, -0.15) is 4.31 Å². The van der Waals surface area contributed by atoms with E-state index in [0.29, 0.717) is 24.2 Å². The molecular weight excluding hydrogens is 384 g/mol. The maximum atomic E-state index is 12.7. The number of hydrogen-bond donors (Lipinski definition) is 2. The van der Waals surface area contributed by atoms with Gasteiger partial charge in [0.15, 0.2) is 0 Å². The summed E-state index contributed by atoms with van der Waals surface area (Å²) in [4.78, 5) is 18.1. The lowest BCUT2D eigenvalue weighted by molar-refractivity contribution is -0.883. The molecular formula is C18H29N4O3S2+. The van der Waals surface area contributed by atoms with E-state index in [0.717, 1.165) is 25.9 Å². The molecule has 150 valence electrons. The Balaban J connectivity index is 1.58. The van der Waals surface area contributed by atoms with Crippen LogP contribution in [0.1, 0.15) is 32.6 Å². The Labute approximate surface area is 165 Å². The lowest BCUT2D eigenvalue weighted by Crippen LogP contribution is -3.12. The fourth-order valence-corrected chi connectivity index (χ4v) is 5.65. The molecule has 0 unspecified atom stereocenters. The second kappa shape index (κ2) is 8.89. The summed E-state index contributed by atoms with van der Waals surface area (Å²) in [5.41, 5.74) is 0. The quantitative estimate of drug-likeness (QED) is 0.648. The number of quaternary nitrogens is 1. The molecule has 9 heteroatoms. The molecule has 1 aromatic heterocycles. The van der Waals surface area contributed by atoms with Gasteiger partial charge in [-0.05, 0) is 31.9 Å². The zero-order valence-electron chi connectivity index (χ0n) is 16.0. The van der Waals surface area contributed by atoms with E-state index in [9.17, 15) is 13.2 Å². The molecule has 2 heterocycles. The van der Waals surface area contributed by atoms with Crippen molar-refractivity contribution in [1.29, 1.82) is 0 Å². The number of sulfonamides is 1. The van der Waals surface area contributed by atoms with Crippen molar-refractivity contribution >= 4 is 27.7 Å². The van der Waals surface area contributed by atoms with E-state index in [1.54, 1.807) is 12.1 Å². The maximum absolute atomic E-state index is 12.7. The van der Waals surface area contributed by atoms with Crippen molar-refractivity contribution in [3.05, 3.63) is 18.3 Å². The first kappa shape index (κ1) is 20.6. The minimum Gasteiger partial charge on any atom is -0.352 e. The van der Waals surface area contributed by atoms with Crippen LogP contribution in [-0.4, -0.2) is 68.1 Å². The monoisotopic (exact) mass is 413 g/mol. The molecule has 0 radical (unpaired) electrons. The van der Waals surface area contributed by atoms with Crippen LogP contribution in [-0.2, 0) is 14.8 Å². The van der Waals surface area contributed by atoms with E-state index < -0.39 is 10.0 Å². The highest BCUT2D eigenvalue weighted by Gasteiger charge is 2.29. The second-order valence-corrected chi connectivity index (χ2v) is 10.7. The average molecular weight is 414 g/mol. The zero-order valence-corrected chi connectivity index (χ0v) is 17.6. The zero-order chi connectivity index (χ0) is 19.4. The summed E-state index contributed by atoms with van der Waals surface area (Å²) < 4.78 is 27.0. The first-order chi connectivity index (χ1) is 12.9. The Bertz CT molecular complexity index is 740. The lowest BCUT2D eigenvalue weighted by atomic mass is 10.2. The predicted octanol–water partition coefficient (Wildman–Crippen LogP) is 0.140. The molecule has 1 aliphatic heterocycles. The molecule has 3 rings (SSSR count). The van der Waals surface area contributed by atoms with Crippen LogP contribution < -0.4 is 10.2 Å². The van der Waals surface area contributed by atoms with Crippen LogP contribution in [0.3, 0.4) is 0 Å². The SMILES string of the molecule is C[C@@H](Sc1ccc(S(=O)(=O)N2CC[NH+](C)CC2)cn1)C(=O)NC1CCCC1. The lowest BCUT2D eigenvalue weighted by Gasteiger charge is -2.29. The number of thioether (sulfide) groups is 1. The highest BCUT2D eigenvalue weighted by Crippen LogP contribution is 2.24. The molecule has 0 bridgehead atoms. The molecule has 2 aliphatic rings. The number of nitrogens with zero attached hydrogens (tertiary/aromatic N) is 2. The van der Waals surface area contributed by atoms with Gasteiger partial charge in [0.05, 0.1) is 43.5 Å². The number of likely N-dealkylation sites (N-methyl/N-ethyl adjacent to an activating group) is 1.